The standard InChI is InChI=1S/C4H6O3.C4H10O2/c1-3-2-6-4(5)7-3;1-4(2,3)6-5/h3H,2H2,1H3;5H,1-3H3. The third kappa shape index (κ3) is 7.55. The fraction of sp³-hybridized carbons (Fsp3) is 0.875. The van der Waals surface area contributed by atoms with E-state index in [2.05, 4.69) is 14.4 Å². The molecule has 1 saturated heterocycles. The van der Waals surface area contributed by atoms with Gasteiger partial charge in [0.2, 0.25) is 0 Å². The number of hydrogen-bond acceptors (Lipinski definition) is 5. The third-order valence-electron chi connectivity index (χ3n) is 1.01. The van der Waals surface area contributed by atoms with Crippen molar-refractivity contribution in [2.45, 2.75) is 39.4 Å². The molecule has 0 aromatic rings. The first-order valence-corrected chi connectivity index (χ1v) is 4.01. The summed E-state index contributed by atoms with van der Waals surface area (Å²) in [6, 6.07) is 0. The minimum atomic E-state index is -0.549. The first-order chi connectivity index (χ1) is 5.85. The van der Waals surface area contributed by atoms with Crippen LogP contribution in [0, 0.1) is 0 Å². The minimum Gasteiger partial charge on any atom is -0.430 e. The molecule has 0 aromatic carbocycles. The first-order valence-electron chi connectivity index (χ1n) is 4.01. The molecular weight excluding hydrogens is 176 g/mol. The molecule has 1 fully saturated rings. The van der Waals surface area contributed by atoms with Gasteiger partial charge in [0, 0.05) is 0 Å². The Kier molecular flexibility index (Phi) is 4.72. The zero-order valence-corrected chi connectivity index (χ0v) is 8.36. The molecular formula is C8H16O5. The molecule has 0 bridgehead atoms. The molecule has 1 rings (SSSR count). The monoisotopic (exact) mass is 192 g/mol. The molecule has 1 atom stereocenters. The van der Waals surface area contributed by atoms with Crippen LogP contribution in [0.1, 0.15) is 27.7 Å². The normalized spacial score (nSPS) is 21.3. The van der Waals surface area contributed by atoms with Crippen molar-refractivity contribution in [1.29, 1.82) is 0 Å². The van der Waals surface area contributed by atoms with Crippen molar-refractivity contribution in [3.05, 3.63) is 0 Å². The molecule has 1 aliphatic heterocycles. The lowest BCUT2D eigenvalue weighted by Crippen LogP contribution is -2.15. The summed E-state index contributed by atoms with van der Waals surface area (Å²) < 4.78 is 8.90. The van der Waals surface area contributed by atoms with Gasteiger partial charge < -0.3 is 9.47 Å². The number of carbonyl (C=O) groups is 1. The Morgan fingerprint density at radius 3 is 2.08 bits per heavy atom. The van der Waals surface area contributed by atoms with Crippen LogP contribution in [0.4, 0.5) is 4.79 Å². The van der Waals surface area contributed by atoms with Crippen molar-refractivity contribution in [1.82, 2.24) is 0 Å². The maximum Gasteiger partial charge on any atom is 0.508 e. The van der Waals surface area contributed by atoms with E-state index in [1.165, 1.54) is 0 Å². The summed E-state index contributed by atoms with van der Waals surface area (Å²) in [7, 11) is 0. The minimum absolute atomic E-state index is 0.0486. The van der Waals surface area contributed by atoms with E-state index >= 15 is 0 Å². The zero-order chi connectivity index (χ0) is 10.5. The average Bonchev–Trinajstić information content (AvgIpc) is 2.34. The van der Waals surface area contributed by atoms with Crippen molar-refractivity contribution >= 4 is 6.16 Å². The highest BCUT2D eigenvalue weighted by Crippen LogP contribution is 2.03. The Bertz CT molecular complexity index is 160. The Morgan fingerprint density at radius 2 is 2.00 bits per heavy atom. The highest BCUT2D eigenvalue weighted by molar-refractivity contribution is 5.61. The van der Waals surface area contributed by atoms with Crippen LogP contribution in [0.15, 0.2) is 0 Å². The lowest BCUT2D eigenvalue weighted by Gasteiger charge is -2.10. The van der Waals surface area contributed by atoms with Gasteiger partial charge in [0.15, 0.2) is 0 Å². The Morgan fingerprint density at radius 1 is 1.54 bits per heavy atom. The SMILES string of the molecule is CC(C)(C)OO.CC1COC(=O)O1. The number of hydrogen-bond donors (Lipinski definition) is 1. The van der Waals surface area contributed by atoms with Crippen LogP contribution in [-0.4, -0.2) is 29.7 Å². The van der Waals surface area contributed by atoms with Crippen LogP contribution in [0.5, 0.6) is 0 Å². The maximum absolute atomic E-state index is 10.0. The molecule has 78 valence electrons. The van der Waals surface area contributed by atoms with Gasteiger partial charge in [-0.25, -0.2) is 9.68 Å². The topological polar surface area (TPSA) is 65.0 Å². The van der Waals surface area contributed by atoms with E-state index in [1.54, 1.807) is 27.7 Å². The predicted octanol–water partition coefficient (Wildman–Crippen LogP) is 1.82. The summed E-state index contributed by atoms with van der Waals surface area (Å²) in [5.41, 5.74) is -0.403. The van der Waals surface area contributed by atoms with Crippen LogP contribution >= 0.6 is 0 Å². The first kappa shape index (κ1) is 12.2. The van der Waals surface area contributed by atoms with E-state index in [4.69, 9.17) is 5.26 Å². The van der Waals surface area contributed by atoms with Gasteiger partial charge in [-0.15, -0.1) is 0 Å². The van der Waals surface area contributed by atoms with Crippen LogP contribution in [-0.2, 0) is 14.4 Å². The summed E-state index contributed by atoms with van der Waals surface area (Å²) in [5.74, 6) is 0. The predicted molar refractivity (Wildman–Crippen MR) is 45.4 cm³/mol. The average molecular weight is 192 g/mol. The molecule has 13 heavy (non-hydrogen) atoms. The fourth-order valence-corrected chi connectivity index (χ4v) is 0.418. The Labute approximate surface area is 77.5 Å². The van der Waals surface area contributed by atoms with Crippen LogP contribution in [0.2, 0.25) is 0 Å². The highest BCUT2D eigenvalue weighted by atomic mass is 17.1. The van der Waals surface area contributed by atoms with E-state index in [0.717, 1.165) is 0 Å². The molecule has 5 heteroatoms. The van der Waals surface area contributed by atoms with Crippen molar-refractivity contribution in [3.8, 4) is 0 Å². The van der Waals surface area contributed by atoms with Gasteiger partial charge in [0.25, 0.3) is 0 Å². The van der Waals surface area contributed by atoms with E-state index in [0.29, 0.717) is 6.61 Å². The molecule has 0 aromatic heterocycles. The van der Waals surface area contributed by atoms with Crippen molar-refractivity contribution < 1.29 is 24.4 Å². The lowest BCUT2D eigenvalue weighted by molar-refractivity contribution is -0.306. The van der Waals surface area contributed by atoms with Crippen LogP contribution in [0.25, 0.3) is 0 Å². The number of cyclic esters (lactones) is 2. The van der Waals surface area contributed by atoms with Gasteiger partial charge in [-0.3, -0.25) is 5.26 Å². The van der Waals surface area contributed by atoms with E-state index in [1.807, 2.05) is 0 Å². The summed E-state index contributed by atoms with van der Waals surface area (Å²) in [5, 5.41) is 7.90. The molecule has 1 aliphatic rings. The molecule has 0 aliphatic carbocycles. The molecule has 0 saturated carbocycles. The second kappa shape index (κ2) is 5.04. The number of ether oxygens (including phenoxy) is 2. The van der Waals surface area contributed by atoms with Crippen LogP contribution < -0.4 is 0 Å². The smallest absolute Gasteiger partial charge is 0.430 e. The van der Waals surface area contributed by atoms with E-state index in [9.17, 15) is 4.79 Å². The fourth-order valence-electron chi connectivity index (χ4n) is 0.418. The lowest BCUT2D eigenvalue weighted by atomic mass is 10.2. The summed E-state index contributed by atoms with van der Waals surface area (Å²) in [6.07, 6.45) is -0.597. The van der Waals surface area contributed by atoms with Crippen LogP contribution in [0.3, 0.4) is 0 Å². The second-order valence-electron chi connectivity index (χ2n) is 3.69. The summed E-state index contributed by atoms with van der Waals surface area (Å²) in [6.45, 7) is 7.50. The molecule has 1 unspecified atom stereocenters. The summed E-state index contributed by atoms with van der Waals surface area (Å²) in [4.78, 5) is 13.9. The Hall–Kier alpha value is -0.810. The van der Waals surface area contributed by atoms with Gasteiger partial charge in [0.05, 0.1) is 5.60 Å². The van der Waals surface area contributed by atoms with Crippen molar-refractivity contribution in [2.75, 3.05) is 6.61 Å². The van der Waals surface area contributed by atoms with Gasteiger partial charge >= 0.3 is 6.16 Å². The highest BCUT2D eigenvalue weighted by Gasteiger charge is 2.19. The largest absolute Gasteiger partial charge is 0.508 e. The van der Waals surface area contributed by atoms with Gasteiger partial charge in [-0.05, 0) is 27.7 Å². The molecule has 5 nitrogen and oxygen atoms in total. The molecule has 0 amide bonds. The maximum atomic E-state index is 10.0. The number of carbonyl (C=O) groups excluding carboxylic acids is 1. The molecule has 1 heterocycles. The van der Waals surface area contributed by atoms with Gasteiger partial charge in [0.1, 0.15) is 12.7 Å². The van der Waals surface area contributed by atoms with Gasteiger partial charge in [-0.2, -0.15) is 0 Å². The van der Waals surface area contributed by atoms with Crippen molar-refractivity contribution in [2.24, 2.45) is 0 Å². The quantitative estimate of drug-likeness (QED) is 0.360. The van der Waals surface area contributed by atoms with E-state index < -0.39 is 11.8 Å². The summed E-state index contributed by atoms with van der Waals surface area (Å²) >= 11 is 0. The third-order valence-corrected chi connectivity index (χ3v) is 1.01. The molecule has 0 spiro atoms. The zero-order valence-electron chi connectivity index (χ0n) is 8.36. The number of rotatable bonds is 0. The van der Waals surface area contributed by atoms with Crippen molar-refractivity contribution in [3.63, 3.8) is 0 Å². The molecule has 0 radical (unpaired) electrons. The second-order valence-corrected chi connectivity index (χ2v) is 3.69. The Balaban J connectivity index is 0.000000226. The van der Waals surface area contributed by atoms with E-state index in [-0.39, 0.29) is 6.10 Å². The van der Waals surface area contributed by atoms with Gasteiger partial charge in [-0.1, -0.05) is 0 Å². The molecule has 1 N–H and O–H groups in total.